The van der Waals surface area contributed by atoms with Crippen molar-refractivity contribution in [2.45, 2.75) is 29.7 Å². The maximum atomic E-state index is 13.0. The maximum Gasteiger partial charge on any atom is 0.289 e. The van der Waals surface area contributed by atoms with E-state index in [0.717, 1.165) is 34.9 Å². The van der Waals surface area contributed by atoms with Crippen LogP contribution in [0.3, 0.4) is 0 Å². The lowest BCUT2D eigenvalue weighted by atomic mass is 9.98. The highest BCUT2D eigenvalue weighted by Gasteiger charge is 2.30. The van der Waals surface area contributed by atoms with Gasteiger partial charge in [0, 0.05) is 32.5 Å². The van der Waals surface area contributed by atoms with Crippen LogP contribution >= 0.6 is 11.8 Å². The number of furan rings is 1. The minimum Gasteiger partial charge on any atom is -0.455 e. The lowest BCUT2D eigenvalue weighted by Gasteiger charge is -2.30. The molecule has 1 unspecified atom stereocenters. The van der Waals surface area contributed by atoms with Crippen LogP contribution in [0.5, 0.6) is 0 Å². The van der Waals surface area contributed by atoms with Gasteiger partial charge >= 0.3 is 0 Å². The largest absolute Gasteiger partial charge is 0.455 e. The summed E-state index contributed by atoms with van der Waals surface area (Å²) in [5, 5.41) is 0.913. The Morgan fingerprint density at radius 3 is 2.97 bits per heavy atom. The molecule has 0 N–H and O–H groups in total. The van der Waals surface area contributed by atoms with E-state index in [1.54, 1.807) is 24.0 Å². The Balaban J connectivity index is 1.25. The molecule has 1 fully saturated rings. The molecule has 0 aliphatic carbocycles. The van der Waals surface area contributed by atoms with E-state index in [1.165, 1.54) is 0 Å². The van der Waals surface area contributed by atoms with Gasteiger partial charge < -0.3 is 18.3 Å². The number of para-hydroxylation sites is 2. The number of thioether (sulfide) groups is 1. The molecule has 8 heteroatoms. The molecule has 0 radical (unpaired) electrons. The fourth-order valence-electron chi connectivity index (χ4n) is 3.78. The normalized spacial score (nSPS) is 17.0. The standard InChI is InChI=1S/C22H22N4O3S/c1-25-12-10-23-22(25)30-14-16-8-9-19(28-16)21(27)26-11-4-5-15(13-26)20-24-17-6-2-3-7-18(17)29-20/h2-3,6-10,12,15H,4-5,11,13-14H2,1H3. The summed E-state index contributed by atoms with van der Waals surface area (Å²) in [6.07, 6.45) is 5.55. The Hall–Kier alpha value is -3.00. The Morgan fingerprint density at radius 2 is 2.13 bits per heavy atom. The summed E-state index contributed by atoms with van der Waals surface area (Å²) in [5.41, 5.74) is 1.65. The number of likely N-dealkylation sites (tertiary alicyclic amines) is 1. The summed E-state index contributed by atoms with van der Waals surface area (Å²) in [5.74, 6) is 2.50. The zero-order valence-corrected chi connectivity index (χ0v) is 17.5. The average Bonchev–Trinajstić information content (AvgIpc) is 3.51. The van der Waals surface area contributed by atoms with Gasteiger partial charge in [-0.15, -0.1) is 0 Å². The molecule has 5 rings (SSSR count). The van der Waals surface area contributed by atoms with Crippen LogP contribution in [-0.4, -0.2) is 38.4 Å². The number of imidazole rings is 1. The first kappa shape index (κ1) is 19.0. The number of piperidine rings is 1. The Bertz CT molecular complexity index is 1140. The molecular formula is C22H22N4O3S. The van der Waals surface area contributed by atoms with E-state index in [-0.39, 0.29) is 11.8 Å². The van der Waals surface area contributed by atoms with E-state index in [4.69, 9.17) is 8.83 Å². The number of aryl methyl sites for hydroxylation is 1. The number of rotatable bonds is 5. The van der Waals surface area contributed by atoms with Crippen molar-refractivity contribution in [3.8, 4) is 0 Å². The zero-order chi connectivity index (χ0) is 20.5. The summed E-state index contributed by atoms with van der Waals surface area (Å²) in [4.78, 5) is 23.8. The van der Waals surface area contributed by atoms with Gasteiger partial charge in [-0.25, -0.2) is 9.97 Å². The first-order valence-corrected chi connectivity index (χ1v) is 11.0. The quantitative estimate of drug-likeness (QED) is 0.442. The van der Waals surface area contributed by atoms with Gasteiger partial charge in [-0.1, -0.05) is 23.9 Å². The lowest BCUT2D eigenvalue weighted by molar-refractivity contribution is 0.0665. The molecule has 4 aromatic rings. The molecule has 4 heterocycles. The average molecular weight is 423 g/mol. The third-order valence-electron chi connectivity index (χ3n) is 5.36. The van der Waals surface area contributed by atoms with Crippen molar-refractivity contribution in [1.82, 2.24) is 19.4 Å². The number of benzene rings is 1. The number of oxazole rings is 1. The predicted octanol–water partition coefficient (Wildman–Crippen LogP) is 4.47. The highest BCUT2D eigenvalue weighted by Crippen LogP contribution is 2.30. The fraction of sp³-hybridized carbons (Fsp3) is 0.318. The Morgan fingerprint density at radius 1 is 1.23 bits per heavy atom. The van der Waals surface area contributed by atoms with Gasteiger partial charge in [0.25, 0.3) is 5.91 Å². The minimum absolute atomic E-state index is 0.0796. The minimum atomic E-state index is -0.0796. The summed E-state index contributed by atoms with van der Waals surface area (Å²) >= 11 is 1.58. The van der Waals surface area contributed by atoms with Gasteiger partial charge in [-0.05, 0) is 37.1 Å². The van der Waals surface area contributed by atoms with Crippen molar-refractivity contribution < 1.29 is 13.6 Å². The van der Waals surface area contributed by atoms with E-state index in [1.807, 2.05) is 53.0 Å². The van der Waals surface area contributed by atoms with E-state index in [2.05, 4.69) is 9.97 Å². The number of fused-ring (bicyclic) bond motifs is 1. The van der Waals surface area contributed by atoms with Gasteiger partial charge in [-0.2, -0.15) is 0 Å². The van der Waals surface area contributed by atoms with Crippen LogP contribution < -0.4 is 0 Å². The highest BCUT2D eigenvalue weighted by molar-refractivity contribution is 7.98. The van der Waals surface area contributed by atoms with E-state index >= 15 is 0 Å². The number of carbonyl (C=O) groups is 1. The van der Waals surface area contributed by atoms with Crippen molar-refractivity contribution in [2.75, 3.05) is 13.1 Å². The SMILES string of the molecule is Cn1ccnc1SCc1ccc(C(=O)N2CCCC(c3nc4ccccc4o3)C2)o1. The second-order valence-electron chi connectivity index (χ2n) is 7.49. The van der Waals surface area contributed by atoms with Crippen molar-refractivity contribution >= 4 is 28.8 Å². The second kappa shape index (κ2) is 8.02. The molecule has 1 saturated heterocycles. The number of aromatic nitrogens is 3. The van der Waals surface area contributed by atoms with E-state index < -0.39 is 0 Å². The third kappa shape index (κ3) is 3.75. The molecule has 154 valence electrons. The lowest BCUT2D eigenvalue weighted by Crippen LogP contribution is -2.39. The molecule has 1 aliphatic rings. The van der Waals surface area contributed by atoms with Crippen LogP contribution in [0.2, 0.25) is 0 Å². The Labute approximate surface area is 178 Å². The molecule has 0 spiro atoms. The number of hydrogen-bond donors (Lipinski definition) is 0. The number of hydrogen-bond acceptors (Lipinski definition) is 6. The molecule has 1 atom stereocenters. The van der Waals surface area contributed by atoms with Gasteiger partial charge in [-0.3, -0.25) is 4.79 Å². The first-order chi connectivity index (χ1) is 14.7. The smallest absolute Gasteiger partial charge is 0.289 e. The topological polar surface area (TPSA) is 77.3 Å². The maximum absolute atomic E-state index is 13.0. The summed E-state index contributed by atoms with van der Waals surface area (Å²) < 4.78 is 13.7. The first-order valence-electron chi connectivity index (χ1n) is 10.0. The summed E-state index contributed by atoms with van der Waals surface area (Å²) in [6, 6.07) is 11.4. The third-order valence-corrected chi connectivity index (χ3v) is 6.44. The molecule has 0 bridgehead atoms. The van der Waals surface area contributed by atoms with Crippen molar-refractivity contribution in [3.05, 3.63) is 66.2 Å². The highest BCUT2D eigenvalue weighted by atomic mass is 32.2. The molecule has 7 nitrogen and oxygen atoms in total. The van der Waals surface area contributed by atoms with Crippen LogP contribution in [-0.2, 0) is 12.8 Å². The van der Waals surface area contributed by atoms with Gasteiger partial charge in [0.05, 0.1) is 11.7 Å². The Kier molecular flexibility index (Phi) is 5.08. The molecule has 0 saturated carbocycles. The van der Waals surface area contributed by atoms with Gasteiger partial charge in [0.15, 0.2) is 22.4 Å². The monoisotopic (exact) mass is 422 g/mol. The number of carbonyl (C=O) groups excluding carboxylic acids is 1. The summed E-state index contributed by atoms with van der Waals surface area (Å²) in [6.45, 7) is 1.30. The summed E-state index contributed by atoms with van der Waals surface area (Å²) in [7, 11) is 1.95. The van der Waals surface area contributed by atoms with Gasteiger partial charge in [0.2, 0.25) is 0 Å². The predicted molar refractivity (Wildman–Crippen MR) is 113 cm³/mol. The molecule has 30 heavy (non-hydrogen) atoms. The molecule has 3 aromatic heterocycles. The van der Waals surface area contributed by atoms with Crippen LogP contribution in [0.1, 0.15) is 41.0 Å². The van der Waals surface area contributed by atoms with E-state index in [0.29, 0.717) is 30.5 Å². The molecule has 1 aliphatic heterocycles. The van der Waals surface area contributed by atoms with Crippen molar-refractivity contribution in [2.24, 2.45) is 7.05 Å². The zero-order valence-electron chi connectivity index (χ0n) is 16.7. The van der Waals surface area contributed by atoms with E-state index in [9.17, 15) is 4.79 Å². The molecule has 1 amide bonds. The van der Waals surface area contributed by atoms with Crippen LogP contribution in [0.4, 0.5) is 0 Å². The number of nitrogens with zero attached hydrogens (tertiary/aromatic N) is 4. The van der Waals surface area contributed by atoms with Crippen molar-refractivity contribution in [3.63, 3.8) is 0 Å². The van der Waals surface area contributed by atoms with Crippen LogP contribution in [0.15, 0.2) is 62.8 Å². The van der Waals surface area contributed by atoms with Crippen LogP contribution in [0, 0.1) is 0 Å². The second-order valence-corrected chi connectivity index (χ2v) is 8.43. The van der Waals surface area contributed by atoms with Gasteiger partial charge in [0.1, 0.15) is 11.3 Å². The molecular weight excluding hydrogens is 400 g/mol. The number of amides is 1. The molecule has 1 aromatic carbocycles. The van der Waals surface area contributed by atoms with Crippen molar-refractivity contribution in [1.29, 1.82) is 0 Å². The van der Waals surface area contributed by atoms with Crippen LogP contribution in [0.25, 0.3) is 11.1 Å². The fourth-order valence-corrected chi connectivity index (χ4v) is 4.61.